The van der Waals surface area contributed by atoms with Crippen molar-refractivity contribution in [3.05, 3.63) is 40.8 Å². The van der Waals surface area contributed by atoms with Gasteiger partial charge in [0.05, 0.1) is 43.3 Å². The van der Waals surface area contributed by atoms with Gasteiger partial charge >= 0.3 is 0 Å². The van der Waals surface area contributed by atoms with E-state index in [9.17, 15) is 9.90 Å². The monoisotopic (exact) mass is 480 g/mol. The van der Waals surface area contributed by atoms with Gasteiger partial charge in [0.25, 0.3) is 0 Å². The first kappa shape index (κ1) is 24.2. The number of nitrogens with zero attached hydrogens (tertiary/aromatic N) is 4. The number of hydrogen-bond acceptors (Lipinski definition) is 6. The summed E-state index contributed by atoms with van der Waals surface area (Å²) in [7, 11) is 0. The van der Waals surface area contributed by atoms with E-state index in [4.69, 9.17) is 14.6 Å². The molecule has 5 rings (SSSR count). The van der Waals surface area contributed by atoms with Crippen LogP contribution in [0.4, 0.5) is 0 Å². The number of para-hydroxylation sites is 1. The lowest BCUT2D eigenvalue weighted by Crippen LogP contribution is -2.38. The predicted molar refractivity (Wildman–Crippen MR) is 135 cm³/mol. The Morgan fingerprint density at radius 2 is 1.94 bits per heavy atom. The Balaban J connectivity index is 1.63. The van der Waals surface area contributed by atoms with E-state index in [1.165, 1.54) is 0 Å². The SMILES string of the molecule is Cc1c2c(nn1CCN1CCOCC1)COCCCCn1c(C=O)c(CCCO)c3cccc-2c31. The summed E-state index contributed by atoms with van der Waals surface area (Å²) >= 11 is 0. The number of rotatable bonds is 7. The minimum atomic E-state index is 0.112. The number of aromatic nitrogens is 3. The number of ether oxygens (including phenoxy) is 2. The van der Waals surface area contributed by atoms with Gasteiger partial charge in [-0.3, -0.25) is 14.4 Å². The van der Waals surface area contributed by atoms with Gasteiger partial charge in [0.2, 0.25) is 0 Å². The van der Waals surface area contributed by atoms with Crippen LogP contribution >= 0.6 is 0 Å². The summed E-state index contributed by atoms with van der Waals surface area (Å²) < 4.78 is 15.9. The molecule has 1 saturated heterocycles. The quantitative estimate of drug-likeness (QED) is 0.523. The van der Waals surface area contributed by atoms with E-state index >= 15 is 0 Å². The van der Waals surface area contributed by atoms with Crippen LogP contribution in [0.5, 0.6) is 0 Å². The molecule has 8 heteroatoms. The number of aryl methyl sites for hydroxylation is 2. The molecule has 0 bridgehead atoms. The Labute approximate surface area is 206 Å². The number of benzene rings is 1. The molecule has 0 atom stereocenters. The molecule has 4 heterocycles. The number of aldehydes is 1. The van der Waals surface area contributed by atoms with Crippen LogP contribution in [0.2, 0.25) is 0 Å². The average molecular weight is 481 g/mol. The molecule has 0 amide bonds. The van der Waals surface area contributed by atoms with Crippen LogP contribution < -0.4 is 0 Å². The summed E-state index contributed by atoms with van der Waals surface area (Å²) in [5, 5.41) is 15.6. The molecule has 2 aromatic heterocycles. The maximum absolute atomic E-state index is 12.3. The Morgan fingerprint density at radius 3 is 2.74 bits per heavy atom. The van der Waals surface area contributed by atoms with Crippen molar-refractivity contribution in [1.82, 2.24) is 19.2 Å². The van der Waals surface area contributed by atoms with Gasteiger partial charge in [-0.25, -0.2) is 0 Å². The molecule has 0 saturated carbocycles. The van der Waals surface area contributed by atoms with E-state index in [1.54, 1.807) is 0 Å². The van der Waals surface area contributed by atoms with Crippen LogP contribution in [0.3, 0.4) is 0 Å². The molecule has 0 spiro atoms. The van der Waals surface area contributed by atoms with Crippen LogP contribution in [0.1, 0.15) is 46.7 Å². The lowest BCUT2D eigenvalue weighted by molar-refractivity contribution is 0.0358. The van der Waals surface area contributed by atoms with Crippen molar-refractivity contribution in [3.8, 4) is 11.1 Å². The first-order chi connectivity index (χ1) is 17.2. The van der Waals surface area contributed by atoms with Crippen molar-refractivity contribution in [1.29, 1.82) is 0 Å². The minimum absolute atomic E-state index is 0.112. The largest absolute Gasteiger partial charge is 0.396 e. The molecule has 1 fully saturated rings. The molecule has 35 heavy (non-hydrogen) atoms. The molecular formula is C27H36N4O4. The van der Waals surface area contributed by atoms with Gasteiger partial charge in [0.1, 0.15) is 0 Å². The third kappa shape index (κ3) is 4.80. The van der Waals surface area contributed by atoms with Crippen LogP contribution in [0.15, 0.2) is 18.2 Å². The first-order valence-corrected chi connectivity index (χ1v) is 12.9. The van der Waals surface area contributed by atoms with E-state index < -0.39 is 0 Å². The molecule has 188 valence electrons. The standard InChI is InChI=1S/C27H36N4O4/c1-20-26-23-7-4-6-22-21(8-5-14-32)25(18-33)30(27(22)23)9-2-3-15-35-19-24(26)28-31(20)11-10-29-12-16-34-17-13-29/h4,6-7,18,32H,2-3,5,8-17,19H2,1H3. The van der Waals surface area contributed by atoms with Gasteiger partial charge in [-0.15, -0.1) is 0 Å². The zero-order valence-electron chi connectivity index (χ0n) is 20.7. The summed E-state index contributed by atoms with van der Waals surface area (Å²) in [6.45, 7) is 9.43. The topological polar surface area (TPSA) is 81.8 Å². The molecule has 2 aliphatic rings. The van der Waals surface area contributed by atoms with Crippen LogP contribution in [-0.2, 0) is 35.6 Å². The van der Waals surface area contributed by atoms with Crippen LogP contribution in [0, 0.1) is 6.92 Å². The van der Waals surface area contributed by atoms with Gasteiger partial charge in [-0.05, 0) is 38.2 Å². The van der Waals surface area contributed by atoms with Crippen molar-refractivity contribution in [2.24, 2.45) is 0 Å². The summed E-state index contributed by atoms with van der Waals surface area (Å²) in [5.74, 6) is 0. The van der Waals surface area contributed by atoms with E-state index in [0.29, 0.717) is 26.1 Å². The number of carbonyl (C=O) groups is 1. The van der Waals surface area contributed by atoms with Gasteiger partial charge in [0, 0.05) is 61.6 Å². The number of morpholine rings is 1. The fourth-order valence-corrected chi connectivity index (χ4v) is 5.57. The van der Waals surface area contributed by atoms with Crippen molar-refractivity contribution < 1.29 is 19.4 Å². The number of aliphatic hydroxyl groups excluding tert-OH is 1. The molecule has 3 aromatic rings. The summed E-state index contributed by atoms with van der Waals surface area (Å²) in [5.41, 5.74) is 7.18. The van der Waals surface area contributed by atoms with Crippen molar-refractivity contribution >= 4 is 17.2 Å². The third-order valence-corrected chi connectivity index (χ3v) is 7.37. The second kappa shape index (κ2) is 11.0. The highest BCUT2D eigenvalue weighted by molar-refractivity contribution is 6.02. The molecular weight excluding hydrogens is 444 g/mol. The summed E-state index contributed by atoms with van der Waals surface area (Å²) in [6, 6.07) is 6.35. The Hall–Kier alpha value is -2.52. The lowest BCUT2D eigenvalue weighted by Gasteiger charge is -2.26. The van der Waals surface area contributed by atoms with E-state index in [0.717, 1.165) is 110 Å². The molecule has 1 N–H and O–H groups in total. The average Bonchev–Trinajstić information content (AvgIpc) is 3.36. The molecule has 0 unspecified atom stereocenters. The second-order valence-electron chi connectivity index (χ2n) is 9.51. The summed E-state index contributed by atoms with van der Waals surface area (Å²) in [6.07, 6.45) is 4.19. The number of aliphatic hydroxyl groups is 1. The van der Waals surface area contributed by atoms with Crippen LogP contribution in [-0.4, -0.2) is 76.7 Å². The zero-order valence-corrected chi connectivity index (χ0v) is 20.7. The lowest BCUT2D eigenvalue weighted by atomic mass is 9.98. The normalized spacial score (nSPS) is 17.3. The highest BCUT2D eigenvalue weighted by Crippen LogP contribution is 2.38. The third-order valence-electron chi connectivity index (χ3n) is 7.37. The minimum Gasteiger partial charge on any atom is -0.396 e. The number of hydrogen-bond donors (Lipinski definition) is 1. The van der Waals surface area contributed by atoms with Gasteiger partial charge < -0.3 is 19.1 Å². The maximum atomic E-state index is 12.3. The Kier molecular flexibility index (Phi) is 7.63. The maximum Gasteiger partial charge on any atom is 0.166 e. The van der Waals surface area contributed by atoms with Gasteiger partial charge in [0.15, 0.2) is 6.29 Å². The highest BCUT2D eigenvalue weighted by Gasteiger charge is 2.25. The van der Waals surface area contributed by atoms with Gasteiger partial charge in [-0.2, -0.15) is 5.10 Å². The van der Waals surface area contributed by atoms with Crippen molar-refractivity contribution in [2.45, 2.75) is 52.3 Å². The number of fused-ring (bicyclic) bond motifs is 2. The van der Waals surface area contributed by atoms with Crippen LogP contribution in [0.25, 0.3) is 22.0 Å². The summed E-state index contributed by atoms with van der Waals surface area (Å²) in [4.78, 5) is 14.7. The van der Waals surface area contributed by atoms with Crippen molar-refractivity contribution in [2.75, 3.05) is 46.1 Å². The molecule has 0 aliphatic carbocycles. The van der Waals surface area contributed by atoms with E-state index in [-0.39, 0.29) is 6.61 Å². The molecule has 0 radical (unpaired) electrons. The second-order valence-corrected chi connectivity index (χ2v) is 9.51. The molecule has 2 aliphatic heterocycles. The molecule has 8 nitrogen and oxygen atoms in total. The number of carbonyl (C=O) groups excluding carboxylic acids is 1. The Bertz CT molecular complexity index is 1180. The van der Waals surface area contributed by atoms with E-state index in [1.807, 2.05) is 0 Å². The van der Waals surface area contributed by atoms with Crippen molar-refractivity contribution in [3.63, 3.8) is 0 Å². The van der Waals surface area contributed by atoms with E-state index in [2.05, 4.69) is 39.3 Å². The fraction of sp³-hybridized carbons (Fsp3) is 0.556. The first-order valence-electron chi connectivity index (χ1n) is 12.9. The highest BCUT2D eigenvalue weighted by atomic mass is 16.5. The Morgan fingerprint density at radius 1 is 1.09 bits per heavy atom. The molecule has 1 aromatic carbocycles. The predicted octanol–water partition coefficient (Wildman–Crippen LogP) is 3.19. The fourth-order valence-electron chi connectivity index (χ4n) is 5.57. The smallest absolute Gasteiger partial charge is 0.166 e. The van der Waals surface area contributed by atoms with Gasteiger partial charge in [-0.1, -0.05) is 18.2 Å². The zero-order chi connectivity index (χ0) is 24.2.